The summed E-state index contributed by atoms with van der Waals surface area (Å²) < 4.78 is 11.1. The lowest BCUT2D eigenvalue weighted by Crippen LogP contribution is -2.22. The first-order chi connectivity index (χ1) is 9.77. The Morgan fingerprint density at radius 1 is 1.10 bits per heavy atom. The molecule has 0 saturated heterocycles. The minimum absolute atomic E-state index is 0.0181. The van der Waals surface area contributed by atoms with Crippen molar-refractivity contribution in [2.45, 2.75) is 52.1 Å². The van der Waals surface area contributed by atoms with Gasteiger partial charge in [0.1, 0.15) is 6.61 Å². The molecule has 1 atom stereocenters. The molecule has 0 radical (unpaired) electrons. The normalized spacial score (nSPS) is 12.1. The Bertz CT molecular complexity index is 362. The maximum atomic E-state index is 11.9. The molecule has 3 heteroatoms. The summed E-state index contributed by atoms with van der Waals surface area (Å²) >= 11 is 0. The third-order valence-electron chi connectivity index (χ3n) is 3.12. The first-order valence-electron chi connectivity index (χ1n) is 7.61. The number of hydrogen-bond acceptors (Lipinski definition) is 3. The first-order valence-corrected chi connectivity index (χ1v) is 7.61. The van der Waals surface area contributed by atoms with Crippen LogP contribution < -0.4 is 0 Å². The number of rotatable bonds is 10. The van der Waals surface area contributed by atoms with Gasteiger partial charge in [0.2, 0.25) is 0 Å². The fraction of sp³-hybridized carbons (Fsp3) is 0.588. The van der Waals surface area contributed by atoms with Crippen LogP contribution in [0.3, 0.4) is 0 Å². The van der Waals surface area contributed by atoms with E-state index in [1.54, 1.807) is 12.1 Å². The molecule has 0 amide bonds. The Balaban J connectivity index is 2.32. The Hall–Kier alpha value is -1.35. The molecule has 0 aromatic heterocycles. The Morgan fingerprint density at radius 3 is 2.50 bits per heavy atom. The largest absolute Gasteiger partial charge is 0.459 e. The topological polar surface area (TPSA) is 35.5 Å². The van der Waals surface area contributed by atoms with E-state index in [2.05, 4.69) is 13.8 Å². The number of ether oxygens (including phenoxy) is 2. The first kappa shape index (κ1) is 16.7. The van der Waals surface area contributed by atoms with Crippen LogP contribution in [0, 0.1) is 0 Å². The minimum Gasteiger partial charge on any atom is -0.459 e. The van der Waals surface area contributed by atoms with Gasteiger partial charge < -0.3 is 9.47 Å². The van der Waals surface area contributed by atoms with Gasteiger partial charge in [0.05, 0.1) is 11.7 Å². The molecule has 0 spiro atoms. The molecule has 3 nitrogen and oxygen atoms in total. The Kier molecular flexibility index (Phi) is 8.72. The molecular formula is C17H26O3. The van der Waals surface area contributed by atoms with Crippen molar-refractivity contribution >= 4 is 5.97 Å². The van der Waals surface area contributed by atoms with Crippen molar-refractivity contribution in [1.29, 1.82) is 0 Å². The zero-order valence-electron chi connectivity index (χ0n) is 12.6. The van der Waals surface area contributed by atoms with Crippen LogP contribution >= 0.6 is 0 Å². The van der Waals surface area contributed by atoms with Gasteiger partial charge in [-0.25, -0.2) is 4.79 Å². The number of carbonyl (C=O) groups excluding carboxylic acids is 1. The lowest BCUT2D eigenvalue weighted by Gasteiger charge is -2.17. The maximum Gasteiger partial charge on any atom is 0.338 e. The average Bonchev–Trinajstić information content (AvgIpc) is 2.49. The summed E-state index contributed by atoms with van der Waals surface area (Å²) in [6, 6.07) is 9.08. The van der Waals surface area contributed by atoms with Crippen LogP contribution in [-0.4, -0.2) is 25.3 Å². The summed E-state index contributed by atoms with van der Waals surface area (Å²) in [4.78, 5) is 11.9. The van der Waals surface area contributed by atoms with Crippen LogP contribution in [0.1, 0.15) is 56.3 Å². The van der Waals surface area contributed by atoms with Crippen molar-refractivity contribution in [3.63, 3.8) is 0 Å². The van der Waals surface area contributed by atoms with Crippen molar-refractivity contribution in [1.82, 2.24) is 0 Å². The average molecular weight is 278 g/mol. The summed E-state index contributed by atoms with van der Waals surface area (Å²) in [5, 5.41) is 0. The summed E-state index contributed by atoms with van der Waals surface area (Å²) in [5.41, 5.74) is 0.591. The van der Waals surface area contributed by atoms with Gasteiger partial charge in [-0.05, 0) is 25.0 Å². The van der Waals surface area contributed by atoms with E-state index < -0.39 is 0 Å². The molecule has 0 aliphatic rings. The van der Waals surface area contributed by atoms with E-state index in [1.165, 1.54) is 12.8 Å². The van der Waals surface area contributed by atoms with Crippen molar-refractivity contribution in [2.24, 2.45) is 0 Å². The highest BCUT2D eigenvalue weighted by Gasteiger charge is 2.12. The SMILES string of the molecule is CCCCCOC(CCC)COC(=O)c1ccccc1. The van der Waals surface area contributed by atoms with Gasteiger partial charge in [-0.2, -0.15) is 0 Å². The zero-order valence-corrected chi connectivity index (χ0v) is 12.6. The van der Waals surface area contributed by atoms with E-state index in [9.17, 15) is 4.79 Å². The minimum atomic E-state index is -0.274. The van der Waals surface area contributed by atoms with Crippen LogP contribution in [0.4, 0.5) is 0 Å². The molecule has 0 saturated carbocycles. The molecule has 0 aliphatic carbocycles. The van der Waals surface area contributed by atoms with E-state index in [-0.39, 0.29) is 12.1 Å². The molecule has 1 aromatic carbocycles. The molecule has 112 valence electrons. The number of unbranched alkanes of at least 4 members (excludes halogenated alkanes) is 2. The molecule has 0 fully saturated rings. The number of esters is 1. The molecule has 0 aliphatic heterocycles. The lowest BCUT2D eigenvalue weighted by atomic mass is 10.2. The van der Waals surface area contributed by atoms with Crippen LogP contribution in [0.25, 0.3) is 0 Å². The number of carbonyl (C=O) groups is 1. The molecule has 1 unspecified atom stereocenters. The van der Waals surface area contributed by atoms with Gasteiger partial charge in [0, 0.05) is 6.61 Å². The second kappa shape index (κ2) is 10.4. The Morgan fingerprint density at radius 2 is 1.85 bits per heavy atom. The summed E-state index contributed by atoms with van der Waals surface area (Å²) in [6.45, 7) is 5.38. The van der Waals surface area contributed by atoms with Crippen LogP contribution in [0.15, 0.2) is 30.3 Å². The number of hydrogen-bond donors (Lipinski definition) is 0. The predicted octanol–water partition coefficient (Wildman–Crippen LogP) is 4.22. The second-order valence-electron chi connectivity index (χ2n) is 4.95. The lowest BCUT2D eigenvalue weighted by molar-refractivity contribution is -0.0128. The molecular weight excluding hydrogens is 252 g/mol. The summed E-state index contributed by atoms with van der Waals surface area (Å²) in [6.07, 6.45) is 5.41. The van der Waals surface area contributed by atoms with E-state index in [4.69, 9.17) is 9.47 Å². The highest BCUT2D eigenvalue weighted by Crippen LogP contribution is 2.08. The van der Waals surface area contributed by atoms with Crippen molar-refractivity contribution in [3.05, 3.63) is 35.9 Å². The van der Waals surface area contributed by atoms with Gasteiger partial charge in [-0.3, -0.25) is 0 Å². The van der Waals surface area contributed by atoms with Gasteiger partial charge >= 0.3 is 5.97 Å². The van der Waals surface area contributed by atoms with Crippen molar-refractivity contribution in [2.75, 3.05) is 13.2 Å². The summed E-state index contributed by atoms with van der Waals surface area (Å²) in [7, 11) is 0. The molecule has 0 bridgehead atoms. The van der Waals surface area contributed by atoms with Crippen molar-refractivity contribution < 1.29 is 14.3 Å². The van der Waals surface area contributed by atoms with Crippen LogP contribution in [-0.2, 0) is 9.47 Å². The second-order valence-corrected chi connectivity index (χ2v) is 4.95. The predicted molar refractivity (Wildman–Crippen MR) is 80.9 cm³/mol. The fourth-order valence-electron chi connectivity index (χ4n) is 1.97. The highest BCUT2D eigenvalue weighted by atomic mass is 16.6. The standard InChI is InChI=1S/C17H26O3/c1-3-5-9-13-19-16(10-4-2)14-20-17(18)15-11-7-6-8-12-15/h6-8,11-12,16H,3-5,9-10,13-14H2,1-2H3. The molecule has 0 heterocycles. The smallest absolute Gasteiger partial charge is 0.338 e. The third-order valence-corrected chi connectivity index (χ3v) is 3.12. The number of benzene rings is 1. The van der Waals surface area contributed by atoms with Gasteiger partial charge in [0.25, 0.3) is 0 Å². The van der Waals surface area contributed by atoms with Gasteiger partial charge in [-0.1, -0.05) is 51.3 Å². The van der Waals surface area contributed by atoms with Crippen LogP contribution in [0.2, 0.25) is 0 Å². The van der Waals surface area contributed by atoms with E-state index in [0.717, 1.165) is 25.9 Å². The van der Waals surface area contributed by atoms with E-state index >= 15 is 0 Å². The molecule has 20 heavy (non-hydrogen) atoms. The van der Waals surface area contributed by atoms with E-state index in [0.29, 0.717) is 12.2 Å². The van der Waals surface area contributed by atoms with E-state index in [1.807, 2.05) is 18.2 Å². The van der Waals surface area contributed by atoms with Gasteiger partial charge in [-0.15, -0.1) is 0 Å². The zero-order chi connectivity index (χ0) is 14.6. The third kappa shape index (κ3) is 6.71. The van der Waals surface area contributed by atoms with Gasteiger partial charge in [0.15, 0.2) is 0 Å². The van der Waals surface area contributed by atoms with Crippen LogP contribution in [0.5, 0.6) is 0 Å². The Labute approximate surface area is 122 Å². The molecule has 1 rings (SSSR count). The van der Waals surface area contributed by atoms with Crippen molar-refractivity contribution in [3.8, 4) is 0 Å². The quantitative estimate of drug-likeness (QED) is 0.475. The highest BCUT2D eigenvalue weighted by molar-refractivity contribution is 5.89. The monoisotopic (exact) mass is 278 g/mol. The summed E-state index contributed by atoms with van der Waals surface area (Å²) in [5.74, 6) is -0.274. The maximum absolute atomic E-state index is 11.9. The molecule has 0 N–H and O–H groups in total. The molecule has 1 aromatic rings. The fourth-order valence-corrected chi connectivity index (χ4v) is 1.97.